The van der Waals surface area contributed by atoms with Crippen molar-refractivity contribution in [2.24, 2.45) is 11.0 Å². The van der Waals surface area contributed by atoms with Crippen LogP contribution in [0.2, 0.25) is 10.0 Å². The molecular formula is C23H25Cl2N3O6. The number of carboxylic acids is 1. The average Bonchev–Trinajstić information content (AvgIpc) is 2.76. The largest absolute Gasteiger partial charge is 0.490 e. The predicted molar refractivity (Wildman–Crippen MR) is 129 cm³/mol. The van der Waals surface area contributed by atoms with Crippen LogP contribution >= 0.6 is 23.2 Å². The van der Waals surface area contributed by atoms with Crippen LogP contribution in [0.25, 0.3) is 0 Å². The minimum atomic E-state index is -1.11. The number of carboxylic acid groups (broad SMARTS) is 1. The first-order valence-corrected chi connectivity index (χ1v) is 11.1. The number of hydrogen-bond donors (Lipinski definition) is 3. The van der Waals surface area contributed by atoms with Crippen molar-refractivity contribution in [1.82, 2.24) is 10.7 Å². The van der Waals surface area contributed by atoms with Gasteiger partial charge < -0.3 is 19.9 Å². The zero-order valence-electron chi connectivity index (χ0n) is 18.8. The lowest BCUT2D eigenvalue weighted by atomic mass is 10.0. The second-order valence-electron chi connectivity index (χ2n) is 7.38. The second kappa shape index (κ2) is 12.8. The van der Waals surface area contributed by atoms with Crippen molar-refractivity contribution in [2.75, 3.05) is 13.2 Å². The van der Waals surface area contributed by atoms with E-state index >= 15 is 0 Å². The van der Waals surface area contributed by atoms with Crippen LogP contribution in [0.3, 0.4) is 0 Å². The Morgan fingerprint density at radius 3 is 2.44 bits per heavy atom. The number of rotatable bonds is 11. The van der Waals surface area contributed by atoms with Crippen molar-refractivity contribution in [3.05, 3.63) is 57.6 Å². The standard InChI is InChI=1S/C23H25Cl2N3O6/c1-4-33-19-9-14(5-8-18(19)34-12-20(29)30)11-26-28-23(32)21(13(2)3)27-22(31)16-7-6-15(24)10-17(16)25/h5-11,13,21H,4,12H2,1-3H3,(H,27,31)(H,28,32)(H,29,30). The molecule has 182 valence electrons. The third kappa shape index (κ3) is 7.93. The maximum Gasteiger partial charge on any atom is 0.341 e. The van der Waals surface area contributed by atoms with Gasteiger partial charge >= 0.3 is 5.97 Å². The molecule has 3 N–H and O–H groups in total. The molecule has 0 spiro atoms. The predicted octanol–water partition coefficient (Wildman–Crippen LogP) is 3.76. The molecule has 2 rings (SSSR count). The summed E-state index contributed by atoms with van der Waals surface area (Å²) in [6, 6.07) is 8.35. The highest BCUT2D eigenvalue weighted by Crippen LogP contribution is 2.28. The molecular weight excluding hydrogens is 485 g/mol. The number of carbonyl (C=O) groups excluding carboxylic acids is 2. The van der Waals surface area contributed by atoms with Gasteiger partial charge in [-0.15, -0.1) is 0 Å². The van der Waals surface area contributed by atoms with Gasteiger partial charge in [0.15, 0.2) is 18.1 Å². The Balaban J connectivity index is 2.07. The van der Waals surface area contributed by atoms with Crippen LogP contribution in [0, 0.1) is 5.92 Å². The Hall–Kier alpha value is -3.30. The number of aliphatic carboxylic acids is 1. The summed E-state index contributed by atoms with van der Waals surface area (Å²) >= 11 is 11.9. The third-order valence-electron chi connectivity index (χ3n) is 4.42. The van der Waals surface area contributed by atoms with E-state index < -0.39 is 30.4 Å². The molecule has 0 radical (unpaired) electrons. The number of nitrogens with one attached hydrogen (secondary N) is 2. The van der Waals surface area contributed by atoms with E-state index in [1.807, 2.05) is 0 Å². The Kier molecular flexibility index (Phi) is 10.2. The third-order valence-corrected chi connectivity index (χ3v) is 4.97. The molecule has 9 nitrogen and oxygen atoms in total. The first kappa shape index (κ1) is 26.9. The van der Waals surface area contributed by atoms with E-state index in [1.165, 1.54) is 24.4 Å². The zero-order chi connectivity index (χ0) is 25.3. The van der Waals surface area contributed by atoms with E-state index in [0.717, 1.165) is 0 Å². The van der Waals surface area contributed by atoms with Gasteiger partial charge in [-0.1, -0.05) is 37.0 Å². The van der Waals surface area contributed by atoms with Gasteiger partial charge in [-0.25, -0.2) is 10.2 Å². The quantitative estimate of drug-likeness (QED) is 0.312. The van der Waals surface area contributed by atoms with Gasteiger partial charge in [0.25, 0.3) is 11.8 Å². The summed E-state index contributed by atoms with van der Waals surface area (Å²) in [5, 5.41) is 16.0. The van der Waals surface area contributed by atoms with E-state index in [2.05, 4.69) is 15.8 Å². The molecule has 34 heavy (non-hydrogen) atoms. The molecule has 0 saturated carbocycles. The fraction of sp³-hybridized carbons (Fsp3) is 0.304. The van der Waals surface area contributed by atoms with Gasteiger partial charge in [0.1, 0.15) is 6.04 Å². The monoisotopic (exact) mass is 509 g/mol. The van der Waals surface area contributed by atoms with Crippen LogP contribution in [0.5, 0.6) is 11.5 Å². The number of hydrogen-bond acceptors (Lipinski definition) is 6. The molecule has 0 fully saturated rings. The average molecular weight is 510 g/mol. The fourth-order valence-corrected chi connectivity index (χ4v) is 3.29. The summed E-state index contributed by atoms with van der Waals surface area (Å²) in [5.41, 5.74) is 3.18. The second-order valence-corrected chi connectivity index (χ2v) is 8.22. The SMILES string of the molecule is CCOc1cc(C=NNC(=O)C(NC(=O)c2ccc(Cl)cc2Cl)C(C)C)ccc1OCC(=O)O. The molecule has 2 aromatic rings. The van der Waals surface area contributed by atoms with Gasteiger partial charge in [-0.2, -0.15) is 5.10 Å². The molecule has 1 unspecified atom stereocenters. The molecule has 11 heteroatoms. The van der Waals surface area contributed by atoms with Crippen molar-refractivity contribution >= 4 is 47.2 Å². The summed E-state index contributed by atoms with van der Waals surface area (Å²) in [5.74, 6) is -1.77. The normalized spacial score (nSPS) is 11.8. The Labute approximate surface area is 207 Å². The Morgan fingerprint density at radius 1 is 1.09 bits per heavy atom. The highest BCUT2D eigenvalue weighted by atomic mass is 35.5. The molecule has 1 atom stereocenters. The van der Waals surface area contributed by atoms with Gasteiger partial charge in [0.05, 0.1) is 23.4 Å². The first-order valence-electron chi connectivity index (χ1n) is 10.3. The van der Waals surface area contributed by atoms with Crippen LogP contribution in [-0.4, -0.2) is 48.4 Å². The van der Waals surface area contributed by atoms with Crippen molar-refractivity contribution in [2.45, 2.75) is 26.8 Å². The molecule has 0 aliphatic carbocycles. The lowest BCUT2D eigenvalue weighted by molar-refractivity contribution is -0.139. The lowest BCUT2D eigenvalue weighted by Gasteiger charge is -2.20. The van der Waals surface area contributed by atoms with Crippen LogP contribution in [0.4, 0.5) is 0 Å². The first-order chi connectivity index (χ1) is 16.1. The Morgan fingerprint density at radius 2 is 1.82 bits per heavy atom. The van der Waals surface area contributed by atoms with Gasteiger partial charge in [-0.3, -0.25) is 9.59 Å². The topological polar surface area (TPSA) is 126 Å². The van der Waals surface area contributed by atoms with Gasteiger partial charge in [0.2, 0.25) is 0 Å². The minimum absolute atomic E-state index is 0.173. The molecule has 0 saturated heterocycles. The summed E-state index contributed by atoms with van der Waals surface area (Å²) in [4.78, 5) is 36.0. The van der Waals surface area contributed by atoms with E-state index in [-0.39, 0.29) is 22.3 Å². The molecule has 2 aromatic carbocycles. The fourth-order valence-electron chi connectivity index (χ4n) is 2.80. The van der Waals surface area contributed by atoms with Crippen molar-refractivity contribution in [3.63, 3.8) is 0 Å². The lowest BCUT2D eigenvalue weighted by Crippen LogP contribution is -2.48. The summed E-state index contributed by atoms with van der Waals surface area (Å²) in [6.45, 7) is 5.17. The number of nitrogens with zero attached hydrogens (tertiary/aromatic N) is 1. The number of carbonyl (C=O) groups is 3. The van der Waals surface area contributed by atoms with E-state index in [0.29, 0.717) is 22.9 Å². The summed E-state index contributed by atoms with van der Waals surface area (Å²) in [7, 11) is 0. The summed E-state index contributed by atoms with van der Waals surface area (Å²) < 4.78 is 10.7. The molecule has 0 aromatic heterocycles. The van der Waals surface area contributed by atoms with Crippen LogP contribution in [0.1, 0.15) is 36.7 Å². The van der Waals surface area contributed by atoms with Crippen molar-refractivity contribution in [1.29, 1.82) is 0 Å². The number of ether oxygens (including phenoxy) is 2. The maximum atomic E-state index is 12.7. The number of halogens is 2. The van der Waals surface area contributed by atoms with Crippen molar-refractivity contribution in [3.8, 4) is 11.5 Å². The smallest absolute Gasteiger partial charge is 0.341 e. The van der Waals surface area contributed by atoms with Crippen LogP contribution in [-0.2, 0) is 9.59 Å². The maximum absolute atomic E-state index is 12.7. The highest BCUT2D eigenvalue weighted by Gasteiger charge is 2.25. The molecule has 0 bridgehead atoms. The van der Waals surface area contributed by atoms with Crippen molar-refractivity contribution < 1.29 is 29.0 Å². The molecule has 0 aliphatic rings. The van der Waals surface area contributed by atoms with E-state index in [4.69, 9.17) is 37.8 Å². The highest BCUT2D eigenvalue weighted by molar-refractivity contribution is 6.36. The number of amides is 2. The van der Waals surface area contributed by atoms with Crippen LogP contribution in [0.15, 0.2) is 41.5 Å². The molecule has 0 heterocycles. The summed E-state index contributed by atoms with van der Waals surface area (Å²) in [6.07, 6.45) is 1.39. The Bertz CT molecular complexity index is 1070. The van der Waals surface area contributed by atoms with Gasteiger partial charge in [-0.05, 0) is 54.8 Å². The number of benzene rings is 2. The molecule has 2 amide bonds. The van der Waals surface area contributed by atoms with Crippen LogP contribution < -0.4 is 20.2 Å². The zero-order valence-corrected chi connectivity index (χ0v) is 20.3. The minimum Gasteiger partial charge on any atom is -0.490 e. The number of hydrazone groups is 1. The van der Waals surface area contributed by atoms with E-state index in [9.17, 15) is 14.4 Å². The molecule has 0 aliphatic heterocycles. The van der Waals surface area contributed by atoms with Gasteiger partial charge in [0, 0.05) is 5.02 Å². The van der Waals surface area contributed by atoms with E-state index in [1.54, 1.807) is 39.0 Å².